The lowest BCUT2D eigenvalue weighted by Gasteiger charge is -2.13. The van der Waals surface area contributed by atoms with Gasteiger partial charge in [-0.2, -0.15) is 0 Å². The van der Waals surface area contributed by atoms with E-state index in [0.29, 0.717) is 16.9 Å². The molecule has 0 aliphatic carbocycles. The fraction of sp³-hybridized carbons (Fsp3) is 0.455. The van der Waals surface area contributed by atoms with Crippen LogP contribution in [-0.2, 0) is 0 Å². The number of hydrogen-bond donors (Lipinski definition) is 1. The summed E-state index contributed by atoms with van der Waals surface area (Å²) >= 11 is 0. The molecule has 0 radical (unpaired) electrons. The average molecular weight is 198 g/mol. The minimum Gasteiger partial charge on any atom is -0.496 e. The van der Waals surface area contributed by atoms with E-state index in [4.69, 9.17) is 4.74 Å². The minimum atomic E-state index is -1.03. The molecule has 0 heterocycles. The van der Waals surface area contributed by atoms with Crippen molar-refractivity contribution in [2.24, 2.45) is 0 Å². The molecular weight excluding hydrogens is 183 g/mol. The minimum absolute atomic E-state index is 0.557. The molecule has 3 heteroatoms. The molecule has 14 heavy (non-hydrogen) atoms. The highest BCUT2D eigenvalue weighted by molar-refractivity contribution is 5.39. The lowest BCUT2D eigenvalue weighted by atomic mass is 10.0. The molecule has 0 spiro atoms. The Bertz CT molecular complexity index is 308. The van der Waals surface area contributed by atoms with Crippen LogP contribution in [0.3, 0.4) is 0 Å². The first-order chi connectivity index (χ1) is 6.56. The van der Waals surface area contributed by atoms with Gasteiger partial charge < -0.3 is 9.84 Å². The van der Waals surface area contributed by atoms with Crippen LogP contribution in [0.1, 0.15) is 37.3 Å². The van der Waals surface area contributed by atoms with Crippen LogP contribution in [0, 0.1) is 0 Å². The Kier molecular flexibility index (Phi) is 3.47. The molecule has 0 amide bonds. The van der Waals surface area contributed by atoms with Gasteiger partial charge >= 0.3 is 0 Å². The van der Waals surface area contributed by atoms with Crippen molar-refractivity contribution in [1.29, 1.82) is 0 Å². The fourth-order valence-corrected chi connectivity index (χ4v) is 1.33. The summed E-state index contributed by atoms with van der Waals surface area (Å²) in [5.41, 5.74) is 1.18. The van der Waals surface area contributed by atoms with Crippen LogP contribution in [0.4, 0.5) is 4.39 Å². The molecule has 0 saturated carbocycles. The summed E-state index contributed by atoms with van der Waals surface area (Å²) in [7, 11) is 1.53. The van der Waals surface area contributed by atoms with Crippen molar-refractivity contribution in [3.05, 3.63) is 29.3 Å². The van der Waals surface area contributed by atoms with Gasteiger partial charge in [0, 0.05) is 5.56 Å². The number of methoxy groups -OCH3 is 1. The van der Waals surface area contributed by atoms with Gasteiger partial charge in [-0.25, -0.2) is 4.39 Å². The predicted molar refractivity (Wildman–Crippen MR) is 53.2 cm³/mol. The van der Waals surface area contributed by atoms with E-state index in [-0.39, 0.29) is 0 Å². The standard InChI is InChI=1S/C11H15FO2/c1-7(12)9-4-5-11(14-3)10(6-9)8(2)13/h4-8,13H,1-3H3. The monoisotopic (exact) mass is 198 g/mol. The predicted octanol–water partition coefficient (Wildman–Crippen LogP) is 2.78. The maximum absolute atomic E-state index is 13.0. The molecular formula is C11H15FO2. The largest absolute Gasteiger partial charge is 0.496 e. The molecule has 2 atom stereocenters. The van der Waals surface area contributed by atoms with Gasteiger partial charge in [-0.05, 0) is 31.5 Å². The second-order valence-electron chi connectivity index (χ2n) is 3.29. The quantitative estimate of drug-likeness (QED) is 0.809. The Morgan fingerprint density at radius 2 is 2.00 bits per heavy atom. The molecule has 2 unspecified atom stereocenters. The van der Waals surface area contributed by atoms with Crippen molar-refractivity contribution < 1.29 is 14.2 Å². The number of aliphatic hydroxyl groups excluding tert-OH is 1. The van der Waals surface area contributed by atoms with E-state index in [1.165, 1.54) is 14.0 Å². The molecule has 78 valence electrons. The second kappa shape index (κ2) is 4.42. The zero-order chi connectivity index (χ0) is 10.7. The number of hydrogen-bond acceptors (Lipinski definition) is 2. The van der Waals surface area contributed by atoms with Crippen LogP contribution in [0.25, 0.3) is 0 Å². The molecule has 1 aromatic rings. The zero-order valence-electron chi connectivity index (χ0n) is 8.62. The summed E-state index contributed by atoms with van der Waals surface area (Å²) < 4.78 is 18.0. The summed E-state index contributed by atoms with van der Waals surface area (Å²) in [6.07, 6.45) is -1.68. The van der Waals surface area contributed by atoms with Gasteiger partial charge in [-0.15, -0.1) is 0 Å². The normalized spacial score (nSPS) is 14.9. The molecule has 0 bridgehead atoms. The molecule has 1 rings (SSSR count). The molecule has 1 aromatic carbocycles. The van der Waals surface area contributed by atoms with Crippen LogP contribution in [0.5, 0.6) is 5.75 Å². The van der Waals surface area contributed by atoms with E-state index < -0.39 is 12.3 Å². The first kappa shape index (κ1) is 11.0. The highest BCUT2D eigenvalue weighted by Crippen LogP contribution is 2.29. The smallest absolute Gasteiger partial charge is 0.124 e. The van der Waals surface area contributed by atoms with Crippen molar-refractivity contribution in [3.8, 4) is 5.75 Å². The first-order valence-electron chi connectivity index (χ1n) is 4.56. The molecule has 0 aliphatic heterocycles. The number of aliphatic hydroxyl groups is 1. The van der Waals surface area contributed by atoms with Crippen LogP contribution in [0.15, 0.2) is 18.2 Å². The van der Waals surface area contributed by atoms with Crippen LogP contribution >= 0.6 is 0 Å². The van der Waals surface area contributed by atoms with E-state index in [1.807, 2.05) is 0 Å². The molecule has 0 saturated heterocycles. The fourth-order valence-electron chi connectivity index (χ4n) is 1.33. The third-order valence-corrected chi connectivity index (χ3v) is 2.16. The number of ether oxygens (including phenoxy) is 1. The van der Waals surface area contributed by atoms with Gasteiger partial charge in [-0.3, -0.25) is 0 Å². The van der Waals surface area contributed by atoms with Gasteiger partial charge in [0.05, 0.1) is 13.2 Å². The van der Waals surface area contributed by atoms with E-state index in [1.54, 1.807) is 25.1 Å². The SMILES string of the molecule is COc1ccc(C(C)F)cc1C(C)O. The Balaban J connectivity index is 3.14. The number of alkyl halides is 1. The lowest BCUT2D eigenvalue weighted by Crippen LogP contribution is -1.98. The van der Waals surface area contributed by atoms with E-state index in [2.05, 4.69) is 0 Å². The first-order valence-corrected chi connectivity index (χ1v) is 4.56. The molecule has 0 aliphatic rings. The summed E-state index contributed by atoms with van der Waals surface area (Å²) in [4.78, 5) is 0. The van der Waals surface area contributed by atoms with Crippen molar-refractivity contribution >= 4 is 0 Å². The third kappa shape index (κ3) is 2.23. The van der Waals surface area contributed by atoms with Gasteiger partial charge in [0.15, 0.2) is 0 Å². The Morgan fingerprint density at radius 3 is 2.43 bits per heavy atom. The molecule has 0 aromatic heterocycles. The van der Waals surface area contributed by atoms with Gasteiger partial charge in [0.25, 0.3) is 0 Å². The van der Waals surface area contributed by atoms with Crippen molar-refractivity contribution in [1.82, 2.24) is 0 Å². The van der Waals surface area contributed by atoms with Crippen molar-refractivity contribution in [3.63, 3.8) is 0 Å². The van der Waals surface area contributed by atoms with Crippen molar-refractivity contribution in [2.75, 3.05) is 7.11 Å². The third-order valence-electron chi connectivity index (χ3n) is 2.16. The highest BCUT2D eigenvalue weighted by Gasteiger charge is 2.11. The topological polar surface area (TPSA) is 29.5 Å². The van der Waals surface area contributed by atoms with Gasteiger partial charge in [0.2, 0.25) is 0 Å². The Hall–Kier alpha value is -1.09. The summed E-state index contributed by atoms with van der Waals surface area (Å²) in [6.45, 7) is 3.10. The summed E-state index contributed by atoms with van der Waals surface area (Å²) in [6, 6.07) is 4.97. The second-order valence-corrected chi connectivity index (χ2v) is 3.29. The van der Waals surface area contributed by atoms with Gasteiger partial charge in [-0.1, -0.05) is 6.07 Å². The van der Waals surface area contributed by atoms with Crippen LogP contribution in [0.2, 0.25) is 0 Å². The maximum atomic E-state index is 13.0. The number of halogens is 1. The van der Waals surface area contributed by atoms with E-state index in [9.17, 15) is 9.50 Å². The van der Waals surface area contributed by atoms with Crippen LogP contribution < -0.4 is 4.74 Å². The Morgan fingerprint density at radius 1 is 1.36 bits per heavy atom. The van der Waals surface area contributed by atoms with Crippen molar-refractivity contribution in [2.45, 2.75) is 26.1 Å². The van der Waals surface area contributed by atoms with Gasteiger partial charge in [0.1, 0.15) is 11.9 Å². The number of benzene rings is 1. The molecule has 0 fully saturated rings. The van der Waals surface area contributed by atoms with E-state index >= 15 is 0 Å². The van der Waals surface area contributed by atoms with E-state index in [0.717, 1.165) is 0 Å². The molecule has 1 N–H and O–H groups in total. The number of rotatable bonds is 3. The van der Waals surface area contributed by atoms with Crippen LogP contribution in [-0.4, -0.2) is 12.2 Å². The summed E-state index contributed by atoms with van der Waals surface area (Å²) in [5, 5.41) is 9.44. The summed E-state index contributed by atoms with van der Waals surface area (Å²) in [5.74, 6) is 0.587. The Labute approximate surface area is 83.3 Å². The maximum Gasteiger partial charge on any atom is 0.124 e. The lowest BCUT2D eigenvalue weighted by molar-refractivity contribution is 0.194. The highest BCUT2D eigenvalue weighted by atomic mass is 19.1. The average Bonchev–Trinajstić information content (AvgIpc) is 2.16. The molecule has 2 nitrogen and oxygen atoms in total. The zero-order valence-corrected chi connectivity index (χ0v) is 8.62.